The van der Waals surface area contributed by atoms with Gasteiger partial charge in [-0.15, -0.1) is 0 Å². The number of sulfonamides is 1. The van der Waals surface area contributed by atoms with Crippen LogP contribution in [0, 0.1) is 5.92 Å². The smallest absolute Gasteiger partial charge is 0.349 e. The molecule has 0 aliphatic heterocycles. The van der Waals surface area contributed by atoms with Gasteiger partial charge in [-0.3, -0.25) is 9.52 Å². The van der Waals surface area contributed by atoms with Crippen molar-refractivity contribution in [1.82, 2.24) is 5.32 Å². The zero-order valence-corrected chi connectivity index (χ0v) is 15.8. The molecule has 2 N–H and O–H groups in total. The fourth-order valence-corrected chi connectivity index (χ4v) is 3.94. The molecule has 9 heteroatoms. The van der Waals surface area contributed by atoms with Crippen molar-refractivity contribution < 1.29 is 26.4 Å². The molecule has 1 atom stereocenters. The quantitative estimate of drug-likeness (QED) is 0.752. The van der Waals surface area contributed by atoms with Crippen molar-refractivity contribution in [3.8, 4) is 0 Å². The standard InChI is InChI=1S/C19H19F3N2O3S/c1-12(13-9-10-13)23-18(25)16-7-2-3-8-17(16)24-28(26,27)15-6-4-5-14(11-15)19(20,21)22/h2-8,11-13,24H,9-10H2,1H3,(H,23,25). The van der Waals surface area contributed by atoms with E-state index in [1.807, 2.05) is 6.92 Å². The molecule has 1 amide bonds. The third-order valence-corrected chi connectivity index (χ3v) is 5.94. The molecule has 0 radical (unpaired) electrons. The fourth-order valence-electron chi connectivity index (χ4n) is 2.81. The zero-order chi connectivity index (χ0) is 20.5. The molecule has 1 fully saturated rings. The number of para-hydroxylation sites is 1. The second-order valence-electron chi connectivity index (χ2n) is 6.78. The van der Waals surface area contributed by atoms with Gasteiger partial charge >= 0.3 is 6.18 Å². The summed E-state index contributed by atoms with van der Waals surface area (Å²) in [6, 6.07) is 9.36. The normalized spacial score (nSPS) is 15.7. The summed E-state index contributed by atoms with van der Waals surface area (Å²) in [4.78, 5) is 12.0. The molecule has 1 saturated carbocycles. The van der Waals surface area contributed by atoms with E-state index < -0.39 is 32.6 Å². The molecular weight excluding hydrogens is 393 g/mol. The summed E-state index contributed by atoms with van der Waals surface area (Å²) in [5.41, 5.74) is -0.967. The topological polar surface area (TPSA) is 75.3 Å². The van der Waals surface area contributed by atoms with Crippen LogP contribution in [0.1, 0.15) is 35.7 Å². The first-order valence-corrected chi connectivity index (χ1v) is 10.2. The Morgan fingerprint density at radius 1 is 1.11 bits per heavy atom. The van der Waals surface area contributed by atoms with Crippen molar-refractivity contribution in [2.45, 2.75) is 36.9 Å². The maximum absolute atomic E-state index is 12.9. The van der Waals surface area contributed by atoms with Crippen LogP contribution in [0.3, 0.4) is 0 Å². The Morgan fingerprint density at radius 2 is 1.79 bits per heavy atom. The van der Waals surface area contributed by atoms with Gasteiger partial charge in [0, 0.05) is 6.04 Å². The lowest BCUT2D eigenvalue weighted by Gasteiger charge is -2.16. The lowest BCUT2D eigenvalue weighted by Crippen LogP contribution is -2.34. The highest BCUT2D eigenvalue weighted by atomic mass is 32.2. The van der Waals surface area contributed by atoms with Gasteiger partial charge in [-0.05, 0) is 56.0 Å². The summed E-state index contributed by atoms with van der Waals surface area (Å²) < 4.78 is 66.0. The van der Waals surface area contributed by atoms with Crippen LogP contribution < -0.4 is 10.0 Å². The molecule has 150 valence electrons. The number of amides is 1. The molecule has 1 aliphatic carbocycles. The number of nitrogens with one attached hydrogen (secondary N) is 2. The average molecular weight is 412 g/mol. The number of carbonyl (C=O) groups excluding carboxylic acids is 1. The Morgan fingerprint density at radius 3 is 2.43 bits per heavy atom. The van der Waals surface area contributed by atoms with E-state index in [-0.39, 0.29) is 17.3 Å². The van der Waals surface area contributed by atoms with Gasteiger partial charge in [-0.1, -0.05) is 18.2 Å². The molecule has 0 saturated heterocycles. The van der Waals surface area contributed by atoms with E-state index in [9.17, 15) is 26.4 Å². The van der Waals surface area contributed by atoms with Crippen LogP contribution in [-0.2, 0) is 16.2 Å². The molecule has 2 aromatic rings. The van der Waals surface area contributed by atoms with E-state index in [1.54, 1.807) is 6.07 Å². The highest BCUT2D eigenvalue weighted by molar-refractivity contribution is 7.92. The molecule has 1 unspecified atom stereocenters. The number of rotatable bonds is 6. The van der Waals surface area contributed by atoms with Crippen molar-refractivity contribution in [3.63, 3.8) is 0 Å². The summed E-state index contributed by atoms with van der Waals surface area (Å²) in [6.07, 6.45) is -2.60. The summed E-state index contributed by atoms with van der Waals surface area (Å²) in [7, 11) is -4.31. The number of halogens is 3. The summed E-state index contributed by atoms with van der Waals surface area (Å²) in [5, 5.41) is 2.83. The first-order chi connectivity index (χ1) is 13.1. The van der Waals surface area contributed by atoms with Crippen molar-refractivity contribution in [2.24, 2.45) is 5.92 Å². The van der Waals surface area contributed by atoms with Crippen LogP contribution >= 0.6 is 0 Å². The Hall–Kier alpha value is -2.55. The second-order valence-corrected chi connectivity index (χ2v) is 8.46. The predicted octanol–water partition coefficient (Wildman–Crippen LogP) is 4.03. The van der Waals surface area contributed by atoms with Crippen molar-refractivity contribution in [2.75, 3.05) is 4.72 Å². The van der Waals surface area contributed by atoms with Crippen molar-refractivity contribution >= 4 is 21.6 Å². The van der Waals surface area contributed by atoms with Crippen LogP contribution in [0.25, 0.3) is 0 Å². The van der Waals surface area contributed by atoms with E-state index in [2.05, 4.69) is 10.0 Å². The maximum atomic E-state index is 12.9. The molecule has 28 heavy (non-hydrogen) atoms. The van der Waals surface area contributed by atoms with Gasteiger partial charge < -0.3 is 5.32 Å². The number of alkyl halides is 3. The number of hydrogen-bond donors (Lipinski definition) is 2. The number of anilines is 1. The van der Waals surface area contributed by atoms with Crippen LogP contribution in [0.2, 0.25) is 0 Å². The van der Waals surface area contributed by atoms with E-state index in [1.165, 1.54) is 18.2 Å². The van der Waals surface area contributed by atoms with E-state index in [4.69, 9.17) is 0 Å². The van der Waals surface area contributed by atoms with Gasteiger partial charge in [-0.2, -0.15) is 13.2 Å². The number of benzene rings is 2. The zero-order valence-electron chi connectivity index (χ0n) is 15.0. The van der Waals surface area contributed by atoms with Crippen molar-refractivity contribution in [3.05, 3.63) is 59.7 Å². The van der Waals surface area contributed by atoms with E-state index >= 15 is 0 Å². The van der Waals surface area contributed by atoms with Crippen LogP contribution in [0.5, 0.6) is 0 Å². The lowest BCUT2D eigenvalue weighted by molar-refractivity contribution is -0.137. The molecule has 0 bridgehead atoms. The molecule has 5 nitrogen and oxygen atoms in total. The highest BCUT2D eigenvalue weighted by Gasteiger charge is 2.32. The minimum Gasteiger partial charge on any atom is -0.349 e. The molecular formula is C19H19F3N2O3S. The van der Waals surface area contributed by atoms with Crippen molar-refractivity contribution in [1.29, 1.82) is 0 Å². The highest BCUT2D eigenvalue weighted by Crippen LogP contribution is 2.33. The first-order valence-electron chi connectivity index (χ1n) is 8.68. The Labute approximate surface area is 161 Å². The Balaban J connectivity index is 1.86. The molecule has 0 spiro atoms. The molecule has 0 heterocycles. The Kier molecular flexibility index (Phi) is 5.38. The second kappa shape index (κ2) is 7.46. The average Bonchev–Trinajstić information content (AvgIpc) is 3.46. The van der Waals surface area contributed by atoms with Gasteiger partial charge in [0.05, 0.1) is 21.7 Å². The number of carbonyl (C=O) groups is 1. The largest absolute Gasteiger partial charge is 0.416 e. The van der Waals surface area contributed by atoms with Crippen LogP contribution in [-0.4, -0.2) is 20.4 Å². The van der Waals surface area contributed by atoms with Crippen LogP contribution in [0.15, 0.2) is 53.4 Å². The van der Waals surface area contributed by atoms with Gasteiger partial charge in [-0.25, -0.2) is 8.42 Å². The van der Waals surface area contributed by atoms with Gasteiger partial charge in [0.1, 0.15) is 0 Å². The minimum absolute atomic E-state index is 0.000378. The SMILES string of the molecule is CC(NC(=O)c1ccccc1NS(=O)(=O)c1cccc(C(F)(F)F)c1)C1CC1. The molecule has 1 aliphatic rings. The third-order valence-electron chi connectivity index (χ3n) is 4.58. The van der Waals surface area contributed by atoms with Crippen LogP contribution in [0.4, 0.5) is 18.9 Å². The van der Waals surface area contributed by atoms with Gasteiger partial charge in [0.25, 0.3) is 15.9 Å². The summed E-state index contributed by atoms with van der Waals surface area (Å²) >= 11 is 0. The lowest BCUT2D eigenvalue weighted by atomic mass is 10.1. The molecule has 0 aromatic heterocycles. The van der Waals surface area contributed by atoms with Gasteiger partial charge in [0.15, 0.2) is 0 Å². The first kappa shape index (κ1) is 20.2. The fraction of sp³-hybridized carbons (Fsp3) is 0.316. The predicted molar refractivity (Wildman–Crippen MR) is 98.3 cm³/mol. The summed E-state index contributed by atoms with van der Waals surface area (Å²) in [6.45, 7) is 1.88. The van der Waals surface area contributed by atoms with Gasteiger partial charge in [0.2, 0.25) is 0 Å². The van der Waals surface area contributed by atoms with E-state index in [0.29, 0.717) is 12.0 Å². The van der Waals surface area contributed by atoms with E-state index in [0.717, 1.165) is 31.0 Å². The molecule has 3 rings (SSSR count). The third kappa shape index (κ3) is 4.64. The summed E-state index contributed by atoms with van der Waals surface area (Å²) in [5.74, 6) is -0.0281. The number of hydrogen-bond acceptors (Lipinski definition) is 3. The minimum atomic E-state index is -4.66. The monoisotopic (exact) mass is 412 g/mol. The maximum Gasteiger partial charge on any atom is 0.416 e. The Bertz CT molecular complexity index is 986. The molecule has 2 aromatic carbocycles.